The third kappa shape index (κ3) is 7.35. The van der Waals surface area contributed by atoms with Crippen LogP contribution in [0.1, 0.15) is 26.3 Å². The van der Waals surface area contributed by atoms with Gasteiger partial charge in [0.25, 0.3) is 0 Å². The maximum absolute atomic E-state index is 13.8. The molecule has 1 aromatic carbocycles. The van der Waals surface area contributed by atoms with Crippen molar-refractivity contribution >= 4 is 35.8 Å². The van der Waals surface area contributed by atoms with Gasteiger partial charge in [0.1, 0.15) is 0 Å². The lowest BCUT2D eigenvalue weighted by Crippen LogP contribution is -2.45. The number of nitrogens with zero attached hydrogens (tertiary/aromatic N) is 3. The largest absolute Gasteiger partial charge is 0.494 e. The van der Waals surface area contributed by atoms with Gasteiger partial charge in [0.2, 0.25) is 5.91 Å². The number of nitrogens with one attached hydrogen (secondary N) is 1. The fraction of sp³-hybridized carbons (Fsp3) is 0.556. The number of rotatable bonds is 8. The highest BCUT2D eigenvalue weighted by Gasteiger charge is 2.15. The van der Waals surface area contributed by atoms with Crippen LogP contribution in [0.2, 0.25) is 0 Å². The number of amides is 1. The lowest BCUT2D eigenvalue weighted by atomic mass is 10.2. The van der Waals surface area contributed by atoms with Crippen LogP contribution in [0.25, 0.3) is 0 Å². The number of halogens is 2. The summed E-state index contributed by atoms with van der Waals surface area (Å²) in [7, 11) is 3.25. The van der Waals surface area contributed by atoms with E-state index >= 15 is 0 Å². The van der Waals surface area contributed by atoms with Crippen molar-refractivity contribution in [2.45, 2.75) is 27.3 Å². The van der Waals surface area contributed by atoms with Gasteiger partial charge in [-0.1, -0.05) is 6.07 Å². The lowest BCUT2D eigenvalue weighted by molar-refractivity contribution is -0.131. The fourth-order valence-electron chi connectivity index (χ4n) is 2.40. The highest BCUT2D eigenvalue weighted by molar-refractivity contribution is 14.0. The van der Waals surface area contributed by atoms with Crippen LogP contribution in [-0.4, -0.2) is 62.0 Å². The zero-order valence-corrected chi connectivity index (χ0v) is 18.5. The molecule has 0 saturated heterocycles. The Morgan fingerprint density at radius 2 is 1.92 bits per heavy atom. The molecule has 1 amide bonds. The van der Waals surface area contributed by atoms with Gasteiger partial charge in [-0.15, -0.1) is 24.0 Å². The number of hydrogen-bond acceptors (Lipinski definition) is 3. The number of likely N-dealkylation sites (N-methyl/N-ethyl adjacent to an activating group) is 2. The van der Waals surface area contributed by atoms with E-state index in [9.17, 15) is 9.18 Å². The molecule has 0 bridgehead atoms. The Kier molecular flexibility index (Phi) is 11.9. The summed E-state index contributed by atoms with van der Waals surface area (Å²) < 4.78 is 18.7. The second-order valence-corrected chi connectivity index (χ2v) is 5.56. The van der Waals surface area contributed by atoms with Gasteiger partial charge in [0, 0.05) is 26.7 Å². The van der Waals surface area contributed by atoms with E-state index < -0.39 is 5.82 Å². The van der Waals surface area contributed by atoms with Gasteiger partial charge < -0.3 is 19.9 Å². The first-order chi connectivity index (χ1) is 12.0. The Labute approximate surface area is 172 Å². The highest BCUT2D eigenvalue weighted by atomic mass is 127. The number of hydrogen-bond donors (Lipinski definition) is 1. The number of guanidine groups is 1. The lowest BCUT2D eigenvalue weighted by Gasteiger charge is -2.25. The maximum Gasteiger partial charge on any atom is 0.242 e. The predicted octanol–water partition coefficient (Wildman–Crippen LogP) is 2.72. The molecule has 26 heavy (non-hydrogen) atoms. The van der Waals surface area contributed by atoms with Crippen molar-refractivity contribution in [3.05, 3.63) is 29.6 Å². The van der Waals surface area contributed by atoms with Crippen molar-refractivity contribution in [2.75, 3.05) is 40.3 Å². The molecule has 148 valence electrons. The highest BCUT2D eigenvalue weighted by Crippen LogP contribution is 2.18. The van der Waals surface area contributed by atoms with Crippen molar-refractivity contribution < 1.29 is 13.9 Å². The summed E-state index contributed by atoms with van der Waals surface area (Å²) in [6.07, 6.45) is 0. The topological polar surface area (TPSA) is 57.2 Å². The van der Waals surface area contributed by atoms with Gasteiger partial charge >= 0.3 is 0 Å². The molecule has 8 heteroatoms. The monoisotopic (exact) mass is 480 g/mol. The standard InChI is InChI=1S/C18H29FN4O2.HI/c1-6-20-18(22(4)13-17(24)23(7-2)8-3)21-12-14-9-10-16(25-5)15(19)11-14;/h9-11H,6-8,12-13H2,1-5H3,(H,20,21);1H. The Balaban J connectivity index is 0.00000625. The average molecular weight is 480 g/mol. The van der Waals surface area contributed by atoms with Crippen molar-refractivity contribution in [3.63, 3.8) is 0 Å². The van der Waals surface area contributed by atoms with Crippen molar-refractivity contribution in [1.82, 2.24) is 15.1 Å². The van der Waals surface area contributed by atoms with Crippen LogP contribution in [0.5, 0.6) is 5.75 Å². The third-order valence-corrected chi connectivity index (χ3v) is 3.81. The smallest absolute Gasteiger partial charge is 0.242 e. The minimum Gasteiger partial charge on any atom is -0.494 e. The van der Waals surface area contributed by atoms with E-state index in [-0.39, 0.29) is 42.2 Å². The van der Waals surface area contributed by atoms with E-state index in [2.05, 4.69) is 10.3 Å². The molecule has 0 aliphatic carbocycles. The molecule has 1 N–H and O–H groups in total. The molecule has 0 radical (unpaired) electrons. The zero-order chi connectivity index (χ0) is 18.8. The van der Waals surface area contributed by atoms with Crippen LogP contribution in [0.4, 0.5) is 4.39 Å². The van der Waals surface area contributed by atoms with E-state index in [4.69, 9.17) is 4.74 Å². The number of methoxy groups -OCH3 is 1. The molecule has 0 aliphatic rings. The van der Waals surface area contributed by atoms with E-state index in [1.165, 1.54) is 13.2 Å². The van der Waals surface area contributed by atoms with E-state index in [1.807, 2.05) is 27.8 Å². The van der Waals surface area contributed by atoms with Gasteiger partial charge in [-0.05, 0) is 38.5 Å². The van der Waals surface area contributed by atoms with Crippen LogP contribution < -0.4 is 10.1 Å². The first-order valence-corrected chi connectivity index (χ1v) is 8.56. The SMILES string of the molecule is CCNC(=NCc1ccc(OC)c(F)c1)N(C)CC(=O)N(CC)CC.I. The van der Waals surface area contributed by atoms with Crippen LogP contribution >= 0.6 is 24.0 Å². The first-order valence-electron chi connectivity index (χ1n) is 8.56. The molecule has 0 unspecified atom stereocenters. The van der Waals surface area contributed by atoms with Crippen LogP contribution in [0.15, 0.2) is 23.2 Å². The Morgan fingerprint density at radius 1 is 1.27 bits per heavy atom. The first kappa shape index (κ1) is 24.4. The minimum atomic E-state index is -0.412. The van der Waals surface area contributed by atoms with Gasteiger partial charge in [-0.3, -0.25) is 4.79 Å². The minimum absolute atomic E-state index is 0. The van der Waals surface area contributed by atoms with E-state index in [1.54, 1.807) is 21.9 Å². The van der Waals surface area contributed by atoms with E-state index in [0.717, 1.165) is 5.56 Å². The summed E-state index contributed by atoms with van der Waals surface area (Å²) in [5.41, 5.74) is 0.733. The molecule has 0 spiro atoms. The van der Waals surface area contributed by atoms with Gasteiger partial charge in [0.05, 0.1) is 20.2 Å². The van der Waals surface area contributed by atoms with Crippen molar-refractivity contribution in [2.24, 2.45) is 4.99 Å². The Hall–Kier alpha value is -1.58. The molecule has 1 rings (SSSR count). The molecular weight excluding hydrogens is 450 g/mol. The van der Waals surface area contributed by atoms with Crippen LogP contribution in [0, 0.1) is 5.82 Å². The maximum atomic E-state index is 13.8. The normalized spacial score (nSPS) is 10.8. The van der Waals surface area contributed by atoms with Crippen LogP contribution in [-0.2, 0) is 11.3 Å². The Bertz CT molecular complexity index is 595. The Morgan fingerprint density at radius 3 is 2.42 bits per heavy atom. The summed E-state index contributed by atoms with van der Waals surface area (Å²) >= 11 is 0. The number of benzene rings is 1. The van der Waals surface area contributed by atoms with Gasteiger partial charge in [-0.2, -0.15) is 0 Å². The quantitative estimate of drug-likeness (QED) is 0.353. The summed E-state index contributed by atoms with van der Waals surface area (Å²) in [6.45, 7) is 8.47. The molecule has 0 saturated carbocycles. The number of carbonyl (C=O) groups excluding carboxylic acids is 1. The van der Waals surface area contributed by atoms with Gasteiger partial charge in [-0.25, -0.2) is 9.38 Å². The van der Waals surface area contributed by atoms with Crippen molar-refractivity contribution in [3.8, 4) is 5.75 Å². The number of carbonyl (C=O) groups is 1. The molecule has 0 fully saturated rings. The second-order valence-electron chi connectivity index (χ2n) is 5.56. The summed E-state index contributed by atoms with van der Waals surface area (Å²) in [4.78, 5) is 20.3. The molecule has 0 heterocycles. The van der Waals surface area contributed by atoms with Crippen molar-refractivity contribution in [1.29, 1.82) is 0 Å². The number of ether oxygens (including phenoxy) is 1. The summed E-state index contributed by atoms with van der Waals surface area (Å²) in [5, 5.41) is 3.16. The number of aliphatic imine (C=N–C) groups is 1. The molecule has 1 aromatic rings. The van der Waals surface area contributed by atoms with Crippen LogP contribution in [0.3, 0.4) is 0 Å². The van der Waals surface area contributed by atoms with Gasteiger partial charge in [0.15, 0.2) is 17.5 Å². The average Bonchev–Trinajstić information content (AvgIpc) is 2.59. The third-order valence-electron chi connectivity index (χ3n) is 3.81. The zero-order valence-electron chi connectivity index (χ0n) is 16.2. The predicted molar refractivity (Wildman–Crippen MR) is 114 cm³/mol. The second kappa shape index (κ2) is 12.7. The van der Waals surface area contributed by atoms with E-state index in [0.29, 0.717) is 32.1 Å². The molecule has 0 aliphatic heterocycles. The summed E-state index contributed by atoms with van der Waals surface area (Å²) in [5.74, 6) is 0.458. The molecule has 6 nitrogen and oxygen atoms in total. The molecule has 0 atom stereocenters. The fourth-order valence-corrected chi connectivity index (χ4v) is 2.40. The molecule has 0 aromatic heterocycles. The summed E-state index contributed by atoms with van der Waals surface area (Å²) in [6, 6.07) is 4.77. The molecular formula is C18H30FIN4O2.